The minimum absolute atomic E-state index is 0.123. The number of amides is 1. The summed E-state index contributed by atoms with van der Waals surface area (Å²) in [7, 11) is 3.29. The molecule has 8 heteroatoms. The van der Waals surface area contributed by atoms with Crippen LogP contribution in [-0.4, -0.2) is 49.1 Å². The number of carbonyl (C=O) groups is 1. The highest BCUT2D eigenvalue weighted by atomic mass is 32.1. The van der Waals surface area contributed by atoms with Crippen molar-refractivity contribution in [1.82, 2.24) is 15.2 Å². The smallest absolute Gasteiger partial charge is 0.271 e. The van der Waals surface area contributed by atoms with Crippen LogP contribution in [0.4, 0.5) is 0 Å². The Morgan fingerprint density at radius 2 is 2.08 bits per heavy atom. The summed E-state index contributed by atoms with van der Waals surface area (Å²) < 4.78 is 10.7. The van der Waals surface area contributed by atoms with Gasteiger partial charge in [0.15, 0.2) is 0 Å². The van der Waals surface area contributed by atoms with Crippen LogP contribution in [0.3, 0.4) is 0 Å². The molecule has 0 saturated carbocycles. The lowest BCUT2D eigenvalue weighted by atomic mass is 10.2. The average molecular weight is 376 g/mol. The van der Waals surface area contributed by atoms with Crippen LogP contribution in [-0.2, 0) is 13.1 Å². The second-order valence-electron chi connectivity index (χ2n) is 6.25. The number of hydrogen-bond donors (Lipinski definition) is 2. The molecule has 1 atom stereocenters. The number of likely N-dealkylation sites (tertiary alicyclic amines) is 1. The number of aromatic nitrogens is 1. The Hall–Kier alpha value is -2.16. The van der Waals surface area contributed by atoms with Crippen LogP contribution in [0.2, 0.25) is 0 Å². The van der Waals surface area contributed by atoms with Crippen LogP contribution in [0.15, 0.2) is 23.6 Å². The van der Waals surface area contributed by atoms with Gasteiger partial charge < -0.3 is 20.5 Å². The fourth-order valence-corrected chi connectivity index (χ4v) is 3.73. The number of rotatable bonds is 7. The van der Waals surface area contributed by atoms with Gasteiger partial charge in [-0.25, -0.2) is 4.98 Å². The maximum absolute atomic E-state index is 12.3. The van der Waals surface area contributed by atoms with E-state index in [2.05, 4.69) is 15.2 Å². The lowest BCUT2D eigenvalue weighted by molar-refractivity contribution is 0.0933. The quantitative estimate of drug-likeness (QED) is 0.763. The van der Waals surface area contributed by atoms with Crippen LogP contribution in [0, 0.1) is 0 Å². The standard InChI is InChI=1S/C18H24N4O3S/c1-24-14-5-12(6-15(7-14)25-2)9-22-4-3-13(10-22)20-18(23)16-11-26-17(8-19)21-16/h5-7,11,13H,3-4,8-10,19H2,1-2H3,(H,20,23). The predicted molar refractivity (Wildman–Crippen MR) is 101 cm³/mol. The van der Waals surface area contributed by atoms with Crippen LogP contribution < -0.4 is 20.5 Å². The summed E-state index contributed by atoms with van der Waals surface area (Å²) in [6.45, 7) is 2.88. The lowest BCUT2D eigenvalue weighted by Gasteiger charge is -2.17. The third kappa shape index (κ3) is 4.51. The Bertz CT molecular complexity index is 742. The maximum Gasteiger partial charge on any atom is 0.271 e. The Labute approximate surface area is 157 Å². The number of thiazole rings is 1. The van der Waals surface area contributed by atoms with E-state index in [0.29, 0.717) is 12.2 Å². The van der Waals surface area contributed by atoms with Crippen LogP contribution in [0.25, 0.3) is 0 Å². The van der Waals surface area contributed by atoms with Gasteiger partial charge in [0.25, 0.3) is 5.91 Å². The van der Waals surface area contributed by atoms with Gasteiger partial charge >= 0.3 is 0 Å². The van der Waals surface area contributed by atoms with Gasteiger partial charge in [-0.05, 0) is 24.1 Å². The van der Waals surface area contributed by atoms with E-state index in [-0.39, 0.29) is 11.9 Å². The fourth-order valence-electron chi connectivity index (χ4n) is 3.08. The van der Waals surface area contributed by atoms with Crippen molar-refractivity contribution in [3.63, 3.8) is 0 Å². The molecule has 140 valence electrons. The molecule has 7 nitrogen and oxygen atoms in total. The highest BCUT2D eigenvalue weighted by molar-refractivity contribution is 7.09. The molecule has 0 spiro atoms. The van der Waals surface area contributed by atoms with Gasteiger partial charge in [0.05, 0.1) is 14.2 Å². The summed E-state index contributed by atoms with van der Waals surface area (Å²) in [5, 5.41) is 5.60. The second kappa shape index (κ2) is 8.48. The molecule has 26 heavy (non-hydrogen) atoms. The van der Waals surface area contributed by atoms with Gasteiger partial charge in [0, 0.05) is 43.7 Å². The molecular formula is C18H24N4O3S. The molecule has 1 saturated heterocycles. The molecule has 0 radical (unpaired) electrons. The molecule has 0 bridgehead atoms. The van der Waals surface area contributed by atoms with Gasteiger partial charge in [-0.3, -0.25) is 9.69 Å². The minimum Gasteiger partial charge on any atom is -0.497 e. The van der Waals surface area contributed by atoms with Crippen molar-refractivity contribution >= 4 is 17.2 Å². The molecule has 2 aromatic rings. The molecule has 3 rings (SSSR count). The number of hydrogen-bond acceptors (Lipinski definition) is 7. The van der Waals surface area contributed by atoms with E-state index in [1.54, 1.807) is 19.6 Å². The summed E-state index contributed by atoms with van der Waals surface area (Å²) in [5.41, 5.74) is 7.13. The van der Waals surface area contributed by atoms with Crippen molar-refractivity contribution in [1.29, 1.82) is 0 Å². The number of ether oxygens (including phenoxy) is 2. The Morgan fingerprint density at radius 1 is 1.35 bits per heavy atom. The molecule has 1 aromatic carbocycles. The Morgan fingerprint density at radius 3 is 2.69 bits per heavy atom. The zero-order chi connectivity index (χ0) is 18.5. The summed E-state index contributed by atoms with van der Waals surface area (Å²) in [6, 6.07) is 6.01. The first-order valence-electron chi connectivity index (χ1n) is 8.51. The number of nitrogens with one attached hydrogen (secondary N) is 1. The van der Waals surface area contributed by atoms with E-state index >= 15 is 0 Å². The molecule has 1 unspecified atom stereocenters. The lowest BCUT2D eigenvalue weighted by Crippen LogP contribution is -2.37. The molecule has 1 aliphatic heterocycles. The van der Waals surface area contributed by atoms with Crippen molar-refractivity contribution < 1.29 is 14.3 Å². The van der Waals surface area contributed by atoms with E-state index in [1.165, 1.54) is 11.3 Å². The van der Waals surface area contributed by atoms with E-state index in [4.69, 9.17) is 15.2 Å². The highest BCUT2D eigenvalue weighted by Crippen LogP contribution is 2.24. The third-order valence-electron chi connectivity index (χ3n) is 4.38. The topological polar surface area (TPSA) is 89.7 Å². The maximum atomic E-state index is 12.3. The second-order valence-corrected chi connectivity index (χ2v) is 7.19. The number of benzene rings is 1. The Balaban J connectivity index is 1.56. The first-order valence-corrected chi connectivity index (χ1v) is 9.39. The van der Waals surface area contributed by atoms with Crippen LogP contribution in [0.5, 0.6) is 11.5 Å². The number of nitrogens with two attached hydrogens (primary N) is 1. The summed E-state index contributed by atoms with van der Waals surface area (Å²) in [5.74, 6) is 1.43. The van der Waals surface area contributed by atoms with Gasteiger partial charge in [-0.2, -0.15) is 0 Å². The molecule has 3 N–H and O–H groups in total. The van der Waals surface area contributed by atoms with E-state index in [9.17, 15) is 4.79 Å². The molecule has 0 aliphatic carbocycles. The van der Waals surface area contributed by atoms with Gasteiger partial charge in [0.2, 0.25) is 0 Å². The van der Waals surface area contributed by atoms with Crippen LogP contribution in [0.1, 0.15) is 27.5 Å². The third-order valence-corrected chi connectivity index (χ3v) is 5.26. The Kier molecular flexibility index (Phi) is 6.08. The number of nitrogens with zero attached hydrogens (tertiary/aromatic N) is 2. The molecule has 1 fully saturated rings. The van der Waals surface area contributed by atoms with Crippen LogP contribution >= 0.6 is 11.3 Å². The van der Waals surface area contributed by atoms with Gasteiger partial charge in [0.1, 0.15) is 22.2 Å². The van der Waals surface area contributed by atoms with Crippen molar-refractivity contribution in [3.8, 4) is 11.5 Å². The van der Waals surface area contributed by atoms with Crippen molar-refractivity contribution in [2.24, 2.45) is 5.73 Å². The predicted octanol–water partition coefficient (Wildman–Crippen LogP) is 1.62. The number of carbonyl (C=O) groups excluding carboxylic acids is 1. The molecule has 1 aliphatic rings. The molecule has 1 amide bonds. The fraction of sp³-hybridized carbons (Fsp3) is 0.444. The summed E-state index contributed by atoms with van der Waals surface area (Å²) >= 11 is 1.41. The molecule has 1 aromatic heterocycles. The number of methoxy groups -OCH3 is 2. The molecule has 2 heterocycles. The van der Waals surface area contributed by atoms with Gasteiger partial charge in [-0.1, -0.05) is 0 Å². The van der Waals surface area contributed by atoms with Crippen molar-refractivity contribution in [2.75, 3.05) is 27.3 Å². The zero-order valence-corrected chi connectivity index (χ0v) is 15.8. The summed E-state index contributed by atoms with van der Waals surface area (Å²) in [6.07, 6.45) is 0.917. The van der Waals surface area contributed by atoms with Crippen molar-refractivity contribution in [3.05, 3.63) is 39.8 Å². The van der Waals surface area contributed by atoms with E-state index in [0.717, 1.165) is 48.1 Å². The first-order chi connectivity index (χ1) is 12.6. The SMILES string of the molecule is COc1cc(CN2CCC(NC(=O)c3csc(CN)n3)C2)cc(OC)c1. The normalized spacial score (nSPS) is 17.3. The molecular weight excluding hydrogens is 352 g/mol. The monoisotopic (exact) mass is 376 g/mol. The minimum atomic E-state index is -0.129. The first kappa shape index (κ1) is 18.6. The van der Waals surface area contributed by atoms with E-state index < -0.39 is 0 Å². The largest absolute Gasteiger partial charge is 0.497 e. The van der Waals surface area contributed by atoms with Gasteiger partial charge in [-0.15, -0.1) is 11.3 Å². The zero-order valence-electron chi connectivity index (χ0n) is 15.0. The summed E-state index contributed by atoms with van der Waals surface area (Å²) in [4.78, 5) is 18.8. The average Bonchev–Trinajstić information content (AvgIpc) is 3.30. The van der Waals surface area contributed by atoms with E-state index in [1.807, 2.05) is 18.2 Å². The van der Waals surface area contributed by atoms with Crippen molar-refractivity contribution in [2.45, 2.75) is 25.6 Å². The highest BCUT2D eigenvalue weighted by Gasteiger charge is 2.25.